The molecule has 0 amide bonds. The Hall–Kier alpha value is -1.47. The van der Waals surface area contributed by atoms with Crippen molar-refractivity contribution in [3.05, 3.63) is 11.9 Å². The van der Waals surface area contributed by atoms with Gasteiger partial charge in [0.1, 0.15) is 0 Å². The maximum Gasteiger partial charge on any atom is 0.303 e. The average molecular weight is 282 g/mol. The Morgan fingerprint density at radius 3 is 3.10 bits per heavy atom. The highest BCUT2D eigenvalue weighted by molar-refractivity contribution is 5.66. The Balaban J connectivity index is 1.85. The fourth-order valence-electron chi connectivity index (χ4n) is 2.31. The summed E-state index contributed by atoms with van der Waals surface area (Å²) in [7, 11) is 0. The van der Waals surface area contributed by atoms with Gasteiger partial charge in [0.15, 0.2) is 0 Å². The molecule has 1 saturated heterocycles. The molecule has 20 heavy (non-hydrogen) atoms. The average Bonchev–Trinajstić information content (AvgIpc) is 2.84. The molecule has 0 saturated carbocycles. The van der Waals surface area contributed by atoms with E-state index in [0.29, 0.717) is 24.7 Å². The number of carboxylic acid groups (broad SMARTS) is 1. The summed E-state index contributed by atoms with van der Waals surface area (Å²) in [6, 6.07) is 0.517. The Kier molecular flexibility index (Phi) is 5.08. The van der Waals surface area contributed by atoms with Gasteiger partial charge in [-0.1, -0.05) is 5.21 Å². The Morgan fingerprint density at radius 1 is 1.60 bits per heavy atom. The van der Waals surface area contributed by atoms with Crippen LogP contribution in [0.1, 0.15) is 26.0 Å². The topological polar surface area (TPSA) is 80.5 Å². The zero-order chi connectivity index (χ0) is 14.5. The number of carboxylic acids is 1. The molecule has 1 aliphatic rings. The minimum atomic E-state index is -0.817. The lowest BCUT2D eigenvalue weighted by molar-refractivity contribution is -0.136. The number of aryl methyl sites for hydroxylation is 1. The summed E-state index contributed by atoms with van der Waals surface area (Å²) >= 11 is 0. The van der Waals surface area contributed by atoms with E-state index in [1.807, 2.05) is 0 Å². The second-order valence-electron chi connectivity index (χ2n) is 5.41. The highest BCUT2D eigenvalue weighted by atomic mass is 16.5. The van der Waals surface area contributed by atoms with Gasteiger partial charge in [0.2, 0.25) is 0 Å². The van der Waals surface area contributed by atoms with Crippen molar-refractivity contribution >= 4 is 5.97 Å². The smallest absolute Gasteiger partial charge is 0.303 e. The molecule has 112 valence electrons. The molecule has 7 nitrogen and oxygen atoms in total. The predicted octanol–water partition coefficient (Wildman–Crippen LogP) is 0.405. The molecule has 1 atom stereocenters. The first-order valence-electron chi connectivity index (χ1n) is 7.01. The van der Waals surface area contributed by atoms with Gasteiger partial charge < -0.3 is 9.84 Å². The number of aliphatic carboxylic acids is 1. The second-order valence-corrected chi connectivity index (χ2v) is 5.41. The normalized spacial score (nSPS) is 20.4. The second kappa shape index (κ2) is 6.81. The van der Waals surface area contributed by atoms with Gasteiger partial charge in [0.05, 0.1) is 31.4 Å². The van der Waals surface area contributed by atoms with Gasteiger partial charge in [0.25, 0.3) is 0 Å². The van der Waals surface area contributed by atoms with Crippen molar-refractivity contribution < 1.29 is 14.6 Å². The molecule has 0 aliphatic carbocycles. The lowest BCUT2D eigenvalue weighted by atomic mass is 10.2. The minimum absolute atomic E-state index is 0.0831. The van der Waals surface area contributed by atoms with Gasteiger partial charge in [0, 0.05) is 31.7 Å². The predicted molar refractivity (Wildman–Crippen MR) is 72.4 cm³/mol. The third-order valence-corrected chi connectivity index (χ3v) is 3.47. The third kappa shape index (κ3) is 4.28. The molecule has 1 fully saturated rings. The molecule has 0 radical (unpaired) electrons. The van der Waals surface area contributed by atoms with Crippen LogP contribution in [0.25, 0.3) is 0 Å². The maximum atomic E-state index is 10.5. The first kappa shape index (κ1) is 14.9. The van der Waals surface area contributed by atoms with Crippen LogP contribution >= 0.6 is 0 Å². The molecule has 2 rings (SSSR count). The van der Waals surface area contributed by atoms with Crippen LogP contribution < -0.4 is 0 Å². The van der Waals surface area contributed by atoms with E-state index in [-0.39, 0.29) is 12.5 Å². The first-order chi connectivity index (χ1) is 9.54. The Morgan fingerprint density at radius 2 is 2.40 bits per heavy atom. The van der Waals surface area contributed by atoms with Crippen molar-refractivity contribution in [2.24, 2.45) is 0 Å². The van der Waals surface area contributed by atoms with Crippen LogP contribution in [0.3, 0.4) is 0 Å². The van der Waals surface area contributed by atoms with Crippen LogP contribution in [0.5, 0.6) is 0 Å². The summed E-state index contributed by atoms with van der Waals surface area (Å²) in [5.41, 5.74) is 0.712. The van der Waals surface area contributed by atoms with E-state index in [2.05, 4.69) is 29.1 Å². The van der Waals surface area contributed by atoms with E-state index in [0.717, 1.165) is 19.7 Å². The molecule has 2 heterocycles. The van der Waals surface area contributed by atoms with E-state index < -0.39 is 5.97 Å². The van der Waals surface area contributed by atoms with Crippen molar-refractivity contribution in [3.63, 3.8) is 0 Å². The van der Waals surface area contributed by atoms with Crippen LogP contribution in [0, 0.1) is 0 Å². The van der Waals surface area contributed by atoms with E-state index >= 15 is 0 Å². The molecule has 1 aromatic heterocycles. The van der Waals surface area contributed by atoms with Crippen molar-refractivity contribution in [3.8, 4) is 0 Å². The van der Waals surface area contributed by atoms with Gasteiger partial charge >= 0.3 is 5.97 Å². The molecular formula is C13H22N4O3. The number of hydrogen-bond donors (Lipinski definition) is 1. The van der Waals surface area contributed by atoms with Crippen LogP contribution in [0.15, 0.2) is 6.20 Å². The molecule has 0 aromatic carbocycles. The number of hydrogen-bond acceptors (Lipinski definition) is 5. The molecule has 0 spiro atoms. The van der Waals surface area contributed by atoms with Gasteiger partial charge in [-0.05, 0) is 13.8 Å². The van der Waals surface area contributed by atoms with E-state index in [9.17, 15) is 4.79 Å². The molecule has 0 bridgehead atoms. The Labute approximate surface area is 118 Å². The Bertz CT molecular complexity index is 447. The fraction of sp³-hybridized carbons (Fsp3) is 0.769. The lowest BCUT2D eigenvalue weighted by Crippen LogP contribution is -2.47. The molecular weight excluding hydrogens is 260 g/mol. The summed E-state index contributed by atoms with van der Waals surface area (Å²) in [5.74, 6) is -0.817. The van der Waals surface area contributed by atoms with E-state index in [4.69, 9.17) is 9.84 Å². The summed E-state index contributed by atoms with van der Waals surface area (Å²) in [6.07, 6.45) is 2.42. The van der Waals surface area contributed by atoms with Crippen LogP contribution in [-0.4, -0.2) is 62.8 Å². The summed E-state index contributed by atoms with van der Waals surface area (Å²) in [5, 5.41) is 16.7. The highest BCUT2D eigenvalue weighted by Gasteiger charge is 2.22. The van der Waals surface area contributed by atoms with Crippen molar-refractivity contribution in [1.82, 2.24) is 19.9 Å². The van der Waals surface area contributed by atoms with Crippen molar-refractivity contribution in [2.45, 2.75) is 45.4 Å². The molecule has 7 heteroatoms. The van der Waals surface area contributed by atoms with Crippen LogP contribution in [0.4, 0.5) is 0 Å². The zero-order valence-electron chi connectivity index (χ0n) is 12.0. The SMILES string of the molecule is CC(C)N1CCOC(Cn2cc(CCC(=O)O)nn2)C1. The highest BCUT2D eigenvalue weighted by Crippen LogP contribution is 2.10. The summed E-state index contributed by atoms with van der Waals surface area (Å²) in [6.45, 7) is 7.62. The number of carbonyl (C=O) groups is 1. The van der Waals surface area contributed by atoms with Gasteiger partial charge in [-0.15, -0.1) is 5.10 Å². The minimum Gasteiger partial charge on any atom is -0.481 e. The van der Waals surface area contributed by atoms with Gasteiger partial charge in [-0.25, -0.2) is 4.68 Å². The standard InChI is InChI=1S/C13H22N4O3/c1-10(2)16-5-6-20-12(8-16)9-17-7-11(14-15-17)3-4-13(18)19/h7,10,12H,3-6,8-9H2,1-2H3,(H,18,19). The first-order valence-corrected chi connectivity index (χ1v) is 7.01. The van der Waals surface area contributed by atoms with E-state index in [1.54, 1.807) is 10.9 Å². The van der Waals surface area contributed by atoms with Gasteiger partial charge in [-0.2, -0.15) is 0 Å². The quantitative estimate of drug-likeness (QED) is 0.813. The van der Waals surface area contributed by atoms with Crippen molar-refractivity contribution in [1.29, 1.82) is 0 Å². The van der Waals surface area contributed by atoms with Crippen LogP contribution in [-0.2, 0) is 22.5 Å². The molecule has 1 aliphatic heterocycles. The van der Waals surface area contributed by atoms with Crippen molar-refractivity contribution in [2.75, 3.05) is 19.7 Å². The molecule has 1 aromatic rings. The number of aromatic nitrogens is 3. The maximum absolute atomic E-state index is 10.5. The summed E-state index contributed by atoms with van der Waals surface area (Å²) in [4.78, 5) is 12.9. The number of ether oxygens (including phenoxy) is 1. The largest absolute Gasteiger partial charge is 0.481 e. The van der Waals surface area contributed by atoms with Crippen LogP contribution in [0.2, 0.25) is 0 Å². The number of morpholine rings is 1. The fourth-order valence-corrected chi connectivity index (χ4v) is 2.31. The third-order valence-electron chi connectivity index (χ3n) is 3.47. The summed E-state index contributed by atoms with van der Waals surface area (Å²) < 4.78 is 7.49. The lowest BCUT2D eigenvalue weighted by Gasteiger charge is -2.35. The number of rotatable bonds is 6. The monoisotopic (exact) mass is 282 g/mol. The zero-order valence-corrected chi connectivity index (χ0v) is 12.0. The van der Waals surface area contributed by atoms with E-state index in [1.165, 1.54) is 0 Å². The van der Waals surface area contributed by atoms with Gasteiger partial charge in [-0.3, -0.25) is 9.69 Å². The number of nitrogens with zero attached hydrogens (tertiary/aromatic N) is 4. The molecule has 1 N–H and O–H groups in total. The molecule has 1 unspecified atom stereocenters.